The van der Waals surface area contributed by atoms with Crippen molar-refractivity contribution in [2.24, 2.45) is 0 Å². The first kappa shape index (κ1) is 16.5. The van der Waals surface area contributed by atoms with Gasteiger partial charge in [0.25, 0.3) is 5.91 Å². The Morgan fingerprint density at radius 2 is 2.19 bits per heavy atom. The van der Waals surface area contributed by atoms with Crippen LogP contribution in [0.1, 0.15) is 52.7 Å². The summed E-state index contributed by atoms with van der Waals surface area (Å²) < 4.78 is 4.97. The summed E-state index contributed by atoms with van der Waals surface area (Å²) in [7, 11) is 1.60. The van der Waals surface area contributed by atoms with Crippen molar-refractivity contribution in [3.63, 3.8) is 0 Å². The van der Waals surface area contributed by atoms with Crippen molar-refractivity contribution in [1.82, 2.24) is 5.32 Å². The Kier molecular flexibility index (Phi) is 5.79. The maximum absolute atomic E-state index is 12.2. The molecule has 0 aliphatic heterocycles. The Hall–Kier alpha value is -0.910. The summed E-state index contributed by atoms with van der Waals surface area (Å²) in [6, 6.07) is 2.03. The van der Waals surface area contributed by atoms with E-state index in [0.717, 1.165) is 17.7 Å². The van der Waals surface area contributed by atoms with E-state index in [-0.39, 0.29) is 12.5 Å². The van der Waals surface area contributed by atoms with Gasteiger partial charge in [0.15, 0.2) is 0 Å². The summed E-state index contributed by atoms with van der Waals surface area (Å²) >= 11 is 1.61. The number of methoxy groups -OCH3 is 1. The first-order chi connectivity index (χ1) is 10.0. The smallest absolute Gasteiger partial charge is 0.261 e. The maximum Gasteiger partial charge on any atom is 0.261 e. The van der Waals surface area contributed by atoms with Crippen LogP contribution in [0, 0.1) is 0 Å². The van der Waals surface area contributed by atoms with Crippen LogP contribution in [-0.4, -0.2) is 36.9 Å². The van der Waals surface area contributed by atoms with E-state index in [1.807, 2.05) is 6.07 Å². The highest BCUT2D eigenvalue weighted by Gasteiger charge is 2.22. The maximum atomic E-state index is 12.2. The molecule has 1 aliphatic carbocycles. The van der Waals surface area contributed by atoms with E-state index in [1.165, 1.54) is 29.7 Å². The van der Waals surface area contributed by atoms with E-state index in [0.29, 0.717) is 13.0 Å². The molecule has 0 fully saturated rings. The van der Waals surface area contributed by atoms with Crippen LogP contribution in [0.15, 0.2) is 6.07 Å². The van der Waals surface area contributed by atoms with Gasteiger partial charge in [-0.15, -0.1) is 11.3 Å². The van der Waals surface area contributed by atoms with Crippen molar-refractivity contribution in [1.29, 1.82) is 0 Å². The predicted molar refractivity (Wildman–Crippen MR) is 85.0 cm³/mol. The van der Waals surface area contributed by atoms with E-state index >= 15 is 0 Å². The van der Waals surface area contributed by atoms with Crippen molar-refractivity contribution in [2.75, 3.05) is 20.3 Å². The molecule has 2 rings (SSSR count). The molecule has 1 aromatic heterocycles. The summed E-state index contributed by atoms with van der Waals surface area (Å²) in [4.78, 5) is 14.4. The summed E-state index contributed by atoms with van der Waals surface area (Å²) in [6.45, 7) is 2.45. The number of aryl methyl sites for hydroxylation is 2. The van der Waals surface area contributed by atoms with Crippen molar-refractivity contribution in [2.45, 2.75) is 51.0 Å². The molecule has 0 spiro atoms. The minimum Gasteiger partial charge on any atom is -0.388 e. The Balaban J connectivity index is 1.91. The summed E-state index contributed by atoms with van der Waals surface area (Å²) in [5.74, 6) is -0.0780. The molecule has 21 heavy (non-hydrogen) atoms. The largest absolute Gasteiger partial charge is 0.388 e. The molecular weight excluding hydrogens is 286 g/mol. The summed E-state index contributed by atoms with van der Waals surface area (Å²) in [5, 5.41) is 13.0. The van der Waals surface area contributed by atoms with E-state index in [2.05, 4.69) is 5.32 Å². The molecule has 118 valence electrons. The highest BCUT2D eigenvalue weighted by atomic mass is 32.1. The highest BCUT2D eigenvalue weighted by molar-refractivity contribution is 7.14. The number of carbonyl (C=O) groups excluding carboxylic acids is 1. The number of carbonyl (C=O) groups is 1. The highest BCUT2D eigenvalue weighted by Crippen LogP contribution is 2.28. The molecule has 1 aromatic rings. The van der Waals surface area contributed by atoms with Gasteiger partial charge >= 0.3 is 0 Å². The lowest BCUT2D eigenvalue weighted by atomic mass is 10.0. The van der Waals surface area contributed by atoms with E-state index in [1.54, 1.807) is 25.4 Å². The third kappa shape index (κ3) is 4.80. The second-order valence-corrected chi connectivity index (χ2v) is 7.18. The van der Waals surface area contributed by atoms with Gasteiger partial charge < -0.3 is 15.2 Å². The quantitative estimate of drug-likeness (QED) is 0.794. The van der Waals surface area contributed by atoms with Crippen molar-refractivity contribution in [3.05, 3.63) is 21.4 Å². The zero-order valence-electron chi connectivity index (χ0n) is 12.9. The number of aliphatic hydroxyl groups is 1. The number of nitrogens with one attached hydrogen (secondary N) is 1. The molecule has 1 amide bonds. The number of hydrogen-bond donors (Lipinski definition) is 2. The van der Waals surface area contributed by atoms with Crippen LogP contribution in [-0.2, 0) is 17.6 Å². The van der Waals surface area contributed by atoms with Gasteiger partial charge in [-0.05, 0) is 44.2 Å². The van der Waals surface area contributed by atoms with E-state index in [9.17, 15) is 9.90 Å². The molecule has 0 bridgehead atoms. The lowest BCUT2D eigenvalue weighted by molar-refractivity contribution is 0.0244. The standard InChI is InChI=1S/C16H25NO3S/c1-16(19,8-9-20-2)11-17-15(18)14-10-12-6-4-3-5-7-13(12)21-14/h10,19H,3-9,11H2,1-2H3,(H,17,18). The SMILES string of the molecule is COCCC(C)(O)CNC(=O)c1cc2c(s1)CCCCC2. The van der Waals surface area contributed by atoms with Crippen LogP contribution in [0.2, 0.25) is 0 Å². The molecule has 1 unspecified atom stereocenters. The third-order valence-corrected chi connectivity index (χ3v) is 5.18. The molecule has 0 radical (unpaired) electrons. The molecule has 4 nitrogen and oxygen atoms in total. The number of amides is 1. The van der Waals surface area contributed by atoms with E-state index in [4.69, 9.17) is 4.74 Å². The molecule has 5 heteroatoms. The normalized spacial score (nSPS) is 17.7. The van der Waals surface area contributed by atoms with Gasteiger partial charge in [-0.3, -0.25) is 4.79 Å². The number of ether oxygens (including phenoxy) is 1. The molecule has 1 heterocycles. The molecule has 0 saturated carbocycles. The van der Waals surface area contributed by atoms with Crippen LogP contribution in [0.25, 0.3) is 0 Å². The zero-order chi connectivity index (χ0) is 15.3. The topological polar surface area (TPSA) is 58.6 Å². The second kappa shape index (κ2) is 7.38. The first-order valence-electron chi connectivity index (χ1n) is 7.63. The average Bonchev–Trinajstić information content (AvgIpc) is 2.74. The van der Waals surface area contributed by atoms with Gasteiger partial charge in [0.05, 0.1) is 10.5 Å². The fraction of sp³-hybridized carbons (Fsp3) is 0.688. The number of rotatable bonds is 6. The lowest BCUT2D eigenvalue weighted by Gasteiger charge is -2.23. The van der Waals surface area contributed by atoms with Crippen molar-refractivity contribution < 1.29 is 14.6 Å². The minimum absolute atomic E-state index is 0.0780. The molecule has 2 N–H and O–H groups in total. The van der Waals surface area contributed by atoms with Crippen LogP contribution >= 0.6 is 11.3 Å². The van der Waals surface area contributed by atoms with Crippen LogP contribution in [0.4, 0.5) is 0 Å². The van der Waals surface area contributed by atoms with Crippen LogP contribution < -0.4 is 5.32 Å². The Labute approximate surface area is 130 Å². The minimum atomic E-state index is -0.931. The van der Waals surface area contributed by atoms with Gasteiger partial charge in [-0.25, -0.2) is 0 Å². The van der Waals surface area contributed by atoms with Gasteiger partial charge in [0, 0.05) is 31.6 Å². The van der Waals surface area contributed by atoms with Gasteiger partial charge in [-0.1, -0.05) is 6.42 Å². The van der Waals surface area contributed by atoms with Gasteiger partial charge in [-0.2, -0.15) is 0 Å². The van der Waals surface area contributed by atoms with Crippen molar-refractivity contribution >= 4 is 17.2 Å². The zero-order valence-corrected chi connectivity index (χ0v) is 13.7. The van der Waals surface area contributed by atoms with Gasteiger partial charge in [0.2, 0.25) is 0 Å². The fourth-order valence-electron chi connectivity index (χ4n) is 2.55. The van der Waals surface area contributed by atoms with Gasteiger partial charge in [0.1, 0.15) is 0 Å². The average molecular weight is 311 g/mol. The van der Waals surface area contributed by atoms with Crippen LogP contribution in [0.3, 0.4) is 0 Å². The van der Waals surface area contributed by atoms with E-state index < -0.39 is 5.60 Å². The summed E-state index contributed by atoms with van der Waals surface area (Å²) in [6.07, 6.45) is 6.41. The monoisotopic (exact) mass is 311 g/mol. The summed E-state index contributed by atoms with van der Waals surface area (Å²) in [5.41, 5.74) is 0.411. The molecular formula is C16H25NO3S. The fourth-order valence-corrected chi connectivity index (χ4v) is 3.72. The third-order valence-electron chi connectivity index (χ3n) is 3.94. The second-order valence-electron chi connectivity index (χ2n) is 6.04. The molecule has 0 saturated heterocycles. The van der Waals surface area contributed by atoms with Crippen LogP contribution in [0.5, 0.6) is 0 Å². The Bertz CT molecular complexity index is 458. The Morgan fingerprint density at radius 3 is 2.95 bits per heavy atom. The first-order valence-corrected chi connectivity index (χ1v) is 8.44. The Morgan fingerprint density at radius 1 is 1.43 bits per heavy atom. The predicted octanol–water partition coefficient (Wildman–Crippen LogP) is 2.53. The molecule has 0 aromatic carbocycles. The number of fused-ring (bicyclic) bond motifs is 1. The number of thiophene rings is 1. The lowest BCUT2D eigenvalue weighted by Crippen LogP contribution is -2.41. The molecule has 1 atom stereocenters. The molecule has 1 aliphatic rings. The number of hydrogen-bond acceptors (Lipinski definition) is 4. The van der Waals surface area contributed by atoms with Crippen molar-refractivity contribution in [3.8, 4) is 0 Å².